The van der Waals surface area contributed by atoms with Crippen LogP contribution >= 0.6 is 34.5 Å². The third kappa shape index (κ3) is 13.1. The number of alkyl halides is 2. The molecule has 63 heavy (non-hydrogen) atoms. The Morgan fingerprint density at radius 1 is 1.00 bits per heavy atom. The number of β-amino-alcohol motifs (C(OH)–C–C–N with tert-alkyl or cyclic N) is 1. The number of halogens is 4. The van der Waals surface area contributed by atoms with E-state index in [-0.39, 0.29) is 58.4 Å². The van der Waals surface area contributed by atoms with Gasteiger partial charge in [-0.2, -0.15) is 8.78 Å². The van der Waals surface area contributed by atoms with Crippen LogP contribution in [0, 0.1) is 18.3 Å². The van der Waals surface area contributed by atoms with Crippen LogP contribution in [0.1, 0.15) is 93.8 Å². The van der Waals surface area contributed by atoms with Crippen LogP contribution in [0.2, 0.25) is 10.0 Å². The topological polar surface area (TPSA) is 146 Å². The first-order chi connectivity index (χ1) is 30.1. The number of pyridine rings is 1. The number of thiazole rings is 1. The molecule has 2 aromatic carbocycles. The van der Waals surface area contributed by atoms with E-state index in [4.69, 9.17) is 27.9 Å². The van der Waals surface area contributed by atoms with Gasteiger partial charge < -0.3 is 35.0 Å². The number of hydrogen-bond acceptors (Lipinski definition) is 10. The van der Waals surface area contributed by atoms with E-state index in [0.717, 1.165) is 60.2 Å². The number of carbonyl (C=O) groups excluding carboxylic acids is 3. The van der Waals surface area contributed by atoms with Crippen molar-refractivity contribution < 1.29 is 37.7 Å². The van der Waals surface area contributed by atoms with Crippen molar-refractivity contribution in [3.8, 4) is 21.9 Å². The van der Waals surface area contributed by atoms with Gasteiger partial charge in [0.25, 0.3) is 5.91 Å². The minimum absolute atomic E-state index is 0.0588. The van der Waals surface area contributed by atoms with Crippen LogP contribution in [-0.4, -0.2) is 88.7 Å². The zero-order valence-corrected chi connectivity index (χ0v) is 38.4. The Morgan fingerprint density at radius 2 is 1.70 bits per heavy atom. The summed E-state index contributed by atoms with van der Waals surface area (Å²) in [6.07, 6.45) is 7.97. The predicted molar refractivity (Wildman–Crippen MR) is 242 cm³/mol. The summed E-state index contributed by atoms with van der Waals surface area (Å²) in [5.41, 5.74) is 4.79. The maximum absolute atomic E-state index is 14.1. The van der Waals surface area contributed by atoms with Gasteiger partial charge in [-0.3, -0.25) is 19.4 Å². The lowest BCUT2D eigenvalue weighted by Crippen LogP contribution is -2.56. The van der Waals surface area contributed by atoms with Gasteiger partial charge >= 0.3 is 6.61 Å². The molecule has 3 heterocycles. The molecular formula is C46H56Cl2F2N6O6S. The minimum atomic E-state index is -3.06. The monoisotopic (exact) mass is 928 g/mol. The van der Waals surface area contributed by atoms with Crippen LogP contribution in [-0.2, 0) is 16.1 Å². The van der Waals surface area contributed by atoms with Gasteiger partial charge in [-0.1, -0.05) is 87.5 Å². The molecule has 1 saturated carbocycles. The Morgan fingerprint density at radius 3 is 2.35 bits per heavy atom. The molecule has 6 rings (SSSR count). The number of nitrogens with zero attached hydrogens (tertiary/aromatic N) is 4. The fraction of sp³-hybridized carbons (Fsp3) is 0.500. The molecule has 2 fully saturated rings. The summed E-state index contributed by atoms with van der Waals surface area (Å²) in [6.45, 7) is 6.37. The molecule has 2 aromatic heterocycles. The van der Waals surface area contributed by atoms with Crippen molar-refractivity contribution in [2.75, 3.05) is 31.1 Å². The highest BCUT2D eigenvalue weighted by Gasteiger charge is 2.43. The number of aromatic nitrogens is 2. The van der Waals surface area contributed by atoms with Gasteiger partial charge in [-0.15, -0.1) is 11.3 Å². The number of anilines is 1. The molecule has 3 N–H and O–H groups in total. The molecule has 1 saturated heterocycles. The average Bonchev–Trinajstić information content (AvgIpc) is 3.84. The van der Waals surface area contributed by atoms with Crippen molar-refractivity contribution in [2.45, 2.75) is 110 Å². The molecular weight excluding hydrogens is 874 g/mol. The lowest BCUT2D eigenvalue weighted by atomic mass is 9.85. The van der Waals surface area contributed by atoms with Gasteiger partial charge in [0.15, 0.2) is 11.5 Å². The molecule has 0 radical (unpaired) electrons. The number of ether oxygens (including phenoxy) is 2. The van der Waals surface area contributed by atoms with Crippen LogP contribution in [0.15, 0.2) is 60.4 Å². The van der Waals surface area contributed by atoms with Crippen LogP contribution in [0.4, 0.5) is 14.5 Å². The largest absolute Gasteiger partial charge is 0.489 e. The Labute approximate surface area is 381 Å². The fourth-order valence-corrected chi connectivity index (χ4v) is 9.02. The maximum atomic E-state index is 14.1. The number of carbonyl (C=O) groups is 3. The van der Waals surface area contributed by atoms with Crippen LogP contribution in [0.5, 0.6) is 11.5 Å². The van der Waals surface area contributed by atoms with Crippen molar-refractivity contribution >= 4 is 57.9 Å². The second kappa shape index (κ2) is 22.0. The van der Waals surface area contributed by atoms with E-state index in [0.29, 0.717) is 37.7 Å². The quantitative estimate of drug-likeness (QED) is 0.0697. The first-order valence-electron chi connectivity index (χ1n) is 21.4. The summed E-state index contributed by atoms with van der Waals surface area (Å²) < 4.78 is 36.8. The molecule has 1 aliphatic heterocycles. The van der Waals surface area contributed by atoms with E-state index in [1.54, 1.807) is 11.3 Å². The summed E-state index contributed by atoms with van der Waals surface area (Å²) in [6, 6.07) is 10.7. The fourth-order valence-electron chi connectivity index (χ4n) is 7.64. The highest BCUT2D eigenvalue weighted by molar-refractivity contribution is 7.13. The highest BCUT2D eigenvalue weighted by Crippen LogP contribution is 2.37. The molecule has 3 atom stereocenters. The third-order valence-corrected chi connectivity index (χ3v) is 12.8. The number of amides is 3. The van der Waals surface area contributed by atoms with Gasteiger partial charge in [0.2, 0.25) is 11.8 Å². The number of hydrogen-bond donors (Lipinski definition) is 3. The predicted octanol–water partition coefficient (Wildman–Crippen LogP) is 9.09. The molecule has 12 nitrogen and oxygen atoms in total. The standard InChI is InChI=1S/C46H56Cl2F2N6O6S/c1-28-40(63-27-54-28)31-14-12-29(13-15-31)22-53-42(58)36-21-33(57)25-56(36)44(60)41(46(2,3)4)52-18-8-6-5-7-9-19-55(39-34(47)23-51-24-35(39)48)43(59)32-16-17-37(62-45(49)50)38(20-32)61-26-30-10-11-30/h12-17,20,23-24,27,30,33,36,41,45,52,57H,5-11,18-19,21-22,25-26H2,1-4H3,(H,53,58)/t33-,36+,41-/m1/s1. The van der Waals surface area contributed by atoms with Gasteiger partial charge in [-0.25, -0.2) is 4.98 Å². The van der Waals surface area contributed by atoms with Crippen LogP contribution in [0.3, 0.4) is 0 Å². The van der Waals surface area contributed by atoms with E-state index >= 15 is 0 Å². The summed E-state index contributed by atoms with van der Waals surface area (Å²) in [7, 11) is 0. The summed E-state index contributed by atoms with van der Waals surface area (Å²) in [5.74, 6) is -0.720. The van der Waals surface area contributed by atoms with Crippen molar-refractivity contribution in [1.29, 1.82) is 0 Å². The van der Waals surface area contributed by atoms with E-state index in [1.165, 1.54) is 40.4 Å². The second-order valence-corrected chi connectivity index (χ2v) is 19.0. The molecule has 1 aliphatic carbocycles. The van der Waals surface area contributed by atoms with E-state index in [9.17, 15) is 28.3 Å². The van der Waals surface area contributed by atoms with Crippen LogP contribution in [0.25, 0.3) is 10.4 Å². The van der Waals surface area contributed by atoms with Gasteiger partial charge in [0, 0.05) is 44.0 Å². The number of unbranched alkanes of at least 4 members (excludes halogenated alkanes) is 4. The first kappa shape index (κ1) is 48.1. The van der Waals surface area contributed by atoms with E-state index < -0.39 is 36.1 Å². The molecule has 0 unspecified atom stereocenters. The van der Waals surface area contributed by atoms with Crippen molar-refractivity contribution in [2.24, 2.45) is 11.3 Å². The number of aryl methyl sites for hydroxylation is 1. The van der Waals surface area contributed by atoms with E-state index in [2.05, 4.69) is 25.3 Å². The van der Waals surface area contributed by atoms with E-state index in [1.807, 2.05) is 57.5 Å². The third-order valence-electron chi connectivity index (χ3n) is 11.2. The van der Waals surface area contributed by atoms with Crippen molar-refractivity contribution in [3.05, 3.63) is 87.2 Å². The van der Waals surface area contributed by atoms with Crippen LogP contribution < -0.4 is 25.0 Å². The zero-order valence-electron chi connectivity index (χ0n) is 36.1. The number of likely N-dealkylation sites (tertiary alicyclic amines) is 1. The number of aliphatic hydroxyl groups is 1. The number of aliphatic hydroxyl groups excluding tert-OH is 1. The van der Waals surface area contributed by atoms with Gasteiger partial charge in [0.05, 0.1) is 50.6 Å². The van der Waals surface area contributed by atoms with Crippen molar-refractivity contribution in [1.82, 2.24) is 25.5 Å². The van der Waals surface area contributed by atoms with Crippen molar-refractivity contribution in [3.63, 3.8) is 0 Å². The lowest BCUT2D eigenvalue weighted by Gasteiger charge is -2.35. The Hall–Kier alpha value is -4.41. The Kier molecular flexibility index (Phi) is 16.8. The lowest BCUT2D eigenvalue weighted by molar-refractivity contribution is -0.142. The molecule has 3 amide bonds. The second-order valence-electron chi connectivity index (χ2n) is 17.3. The normalized spacial score (nSPS) is 16.9. The molecule has 0 spiro atoms. The SMILES string of the molecule is Cc1ncsc1-c1ccc(CNC(=O)[C@@H]2C[C@@H](O)CN2C(=O)[C@@H](NCCCCCCCN(C(=O)c2ccc(OC(F)F)c(OCC3CC3)c2)c2c(Cl)cncc2Cl)C(C)(C)C)cc1. The smallest absolute Gasteiger partial charge is 0.387 e. The highest BCUT2D eigenvalue weighted by atomic mass is 35.5. The Balaban J connectivity index is 0.998. The molecule has 340 valence electrons. The average molecular weight is 930 g/mol. The van der Waals surface area contributed by atoms with Gasteiger partial charge in [0.1, 0.15) is 6.04 Å². The Bertz CT molecular complexity index is 2170. The first-order valence-corrected chi connectivity index (χ1v) is 23.1. The summed E-state index contributed by atoms with van der Waals surface area (Å²) >= 11 is 14.6. The molecule has 0 bridgehead atoms. The minimum Gasteiger partial charge on any atom is -0.489 e. The number of benzene rings is 2. The maximum Gasteiger partial charge on any atom is 0.387 e. The zero-order chi connectivity index (χ0) is 45.3. The number of rotatable bonds is 21. The summed E-state index contributed by atoms with van der Waals surface area (Å²) in [4.78, 5) is 54.1. The summed E-state index contributed by atoms with van der Waals surface area (Å²) in [5, 5.41) is 17.4. The molecule has 17 heteroatoms. The molecule has 2 aliphatic rings. The number of nitrogens with one attached hydrogen (secondary N) is 2. The molecule has 4 aromatic rings. The van der Waals surface area contributed by atoms with Gasteiger partial charge in [-0.05, 0) is 79.8 Å².